The highest BCUT2D eigenvalue weighted by atomic mass is 16.4. The zero-order chi connectivity index (χ0) is 23.0. The van der Waals surface area contributed by atoms with Gasteiger partial charge in [0.25, 0.3) is 0 Å². The number of aliphatic hydroxyl groups is 7. The molecule has 0 rings (SSSR count). The van der Waals surface area contributed by atoms with Gasteiger partial charge < -0.3 is 40.9 Å². The fourth-order valence-corrected chi connectivity index (χ4v) is 3.48. The number of unbranched alkanes of at least 4 members (excludes halogenated alkanes) is 10. The molecule has 5 atom stereocenters. The molecule has 0 aliphatic rings. The Balaban J connectivity index is 4.06. The molecule has 8 N–H and O–H groups in total. The van der Waals surface area contributed by atoms with Crippen LogP contribution in [0.5, 0.6) is 0 Å². The Morgan fingerprint density at radius 3 is 1.57 bits per heavy atom. The molecule has 0 aromatic rings. The van der Waals surface area contributed by atoms with Gasteiger partial charge in [-0.15, -0.1) is 0 Å². The van der Waals surface area contributed by atoms with Gasteiger partial charge in [0, 0.05) is 13.0 Å². The summed E-state index contributed by atoms with van der Waals surface area (Å²) in [6.45, 7) is -0.553. The summed E-state index contributed by atoms with van der Waals surface area (Å²) in [6.07, 6.45) is 3.33. The Bertz CT molecular complexity index is 435. The van der Waals surface area contributed by atoms with Crippen LogP contribution in [-0.4, -0.2) is 90.1 Å². The van der Waals surface area contributed by atoms with Gasteiger partial charge in [-0.3, -0.25) is 0 Å². The molecule has 0 aliphatic heterocycles. The Hall–Kier alpha value is -0.810. The van der Waals surface area contributed by atoms with E-state index < -0.39 is 49.0 Å². The molecule has 0 aliphatic carbocycles. The SMILES string of the molecule is O=C(O)C(O)(CC(O)CO)C(O)C(O)C(O)CCCCCCCCCCCCCO. The molecule has 0 saturated carbocycles. The van der Waals surface area contributed by atoms with Crippen molar-refractivity contribution in [1.29, 1.82) is 0 Å². The van der Waals surface area contributed by atoms with E-state index in [-0.39, 0.29) is 13.0 Å². The zero-order valence-electron chi connectivity index (χ0n) is 17.9. The van der Waals surface area contributed by atoms with Gasteiger partial charge in [0.1, 0.15) is 12.2 Å². The Labute approximate surface area is 179 Å². The molecule has 9 heteroatoms. The van der Waals surface area contributed by atoms with Crippen molar-refractivity contribution in [3.05, 3.63) is 0 Å². The zero-order valence-corrected chi connectivity index (χ0v) is 17.9. The van der Waals surface area contributed by atoms with Gasteiger partial charge in [0.05, 0.1) is 18.8 Å². The lowest BCUT2D eigenvalue weighted by Gasteiger charge is -2.34. The quantitative estimate of drug-likeness (QED) is 0.124. The topological polar surface area (TPSA) is 179 Å². The second-order valence-corrected chi connectivity index (χ2v) is 8.17. The van der Waals surface area contributed by atoms with Crippen LogP contribution in [0.2, 0.25) is 0 Å². The summed E-state index contributed by atoms with van der Waals surface area (Å²) in [6, 6.07) is 0. The summed E-state index contributed by atoms with van der Waals surface area (Å²) < 4.78 is 0. The van der Waals surface area contributed by atoms with Crippen molar-refractivity contribution < 1.29 is 45.6 Å². The summed E-state index contributed by atoms with van der Waals surface area (Å²) in [4.78, 5) is 11.3. The lowest BCUT2D eigenvalue weighted by atomic mass is 9.84. The largest absolute Gasteiger partial charge is 0.479 e. The number of rotatable bonds is 20. The van der Waals surface area contributed by atoms with Gasteiger partial charge in [0.2, 0.25) is 0 Å². The molecule has 0 fully saturated rings. The van der Waals surface area contributed by atoms with Crippen molar-refractivity contribution in [2.24, 2.45) is 0 Å². The van der Waals surface area contributed by atoms with Crippen molar-refractivity contribution in [3.8, 4) is 0 Å². The van der Waals surface area contributed by atoms with Gasteiger partial charge >= 0.3 is 5.97 Å². The molecule has 0 amide bonds. The second-order valence-electron chi connectivity index (χ2n) is 8.17. The highest BCUT2D eigenvalue weighted by Crippen LogP contribution is 2.24. The van der Waals surface area contributed by atoms with E-state index in [9.17, 15) is 30.3 Å². The highest BCUT2D eigenvalue weighted by Gasteiger charge is 2.49. The van der Waals surface area contributed by atoms with Crippen LogP contribution in [0.4, 0.5) is 0 Å². The van der Waals surface area contributed by atoms with Crippen LogP contribution in [0, 0.1) is 0 Å². The second kappa shape index (κ2) is 16.8. The van der Waals surface area contributed by atoms with Crippen molar-refractivity contribution in [2.45, 2.75) is 113 Å². The van der Waals surface area contributed by atoms with Crippen molar-refractivity contribution in [3.63, 3.8) is 0 Å². The van der Waals surface area contributed by atoms with Gasteiger partial charge in [-0.1, -0.05) is 64.2 Å². The molecule has 0 aromatic carbocycles. The minimum absolute atomic E-state index is 0.140. The molecule has 5 unspecified atom stereocenters. The number of aliphatic carboxylic acids is 1. The third kappa shape index (κ3) is 11.5. The summed E-state index contributed by atoms with van der Waals surface area (Å²) >= 11 is 0. The van der Waals surface area contributed by atoms with E-state index in [4.69, 9.17) is 15.3 Å². The van der Waals surface area contributed by atoms with Crippen molar-refractivity contribution in [1.82, 2.24) is 0 Å². The monoisotopic (exact) mass is 438 g/mol. The lowest BCUT2D eigenvalue weighted by Crippen LogP contribution is -2.59. The maximum atomic E-state index is 11.3. The van der Waals surface area contributed by atoms with E-state index in [2.05, 4.69) is 0 Å². The van der Waals surface area contributed by atoms with Gasteiger partial charge in [-0.2, -0.15) is 0 Å². The van der Waals surface area contributed by atoms with E-state index in [1.54, 1.807) is 0 Å². The molecular formula is C21H42O9. The fraction of sp³-hybridized carbons (Fsp3) is 0.952. The summed E-state index contributed by atoms with van der Waals surface area (Å²) in [7, 11) is 0. The molecular weight excluding hydrogens is 396 g/mol. The number of carboxylic acid groups (broad SMARTS) is 1. The maximum absolute atomic E-state index is 11.3. The van der Waals surface area contributed by atoms with Gasteiger partial charge in [-0.25, -0.2) is 4.79 Å². The standard InChI is InChI=1S/C21H42O9/c22-13-11-9-7-5-3-1-2-4-6-8-10-12-17(25)18(26)19(27)21(30,20(28)29)14-16(24)15-23/h16-19,22-27,30H,1-15H2,(H,28,29). The normalized spacial score (nSPS) is 17.8. The van der Waals surface area contributed by atoms with Crippen molar-refractivity contribution in [2.75, 3.05) is 13.2 Å². The molecule has 0 bridgehead atoms. The van der Waals surface area contributed by atoms with Crippen LogP contribution in [0.3, 0.4) is 0 Å². The smallest absolute Gasteiger partial charge is 0.338 e. The minimum Gasteiger partial charge on any atom is -0.479 e. The third-order valence-electron chi connectivity index (χ3n) is 5.49. The Kier molecular flexibility index (Phi) is 16.4. The number of hydrogen-bond donors (Lipinski definition) is 8. The summed E-state index contributed by atoms with van der Waals surface area (Å²) in [5, 5.41) is 76.4. The Morgan fingerprint density at radius 1 is 0.733 bits per heavy atom. The first-order valence-electron chi connectivity index (χ1n) is 11.1. The first-order chi connectivity index (χ1) is 14.2. The lowest BCUT2D eigenvalue weighted by molar-refractivity contribution is -0.196. The molecule has 0 saturated heterocycles. The van der Waals surface area contributed by atoms with E-state index >= 15 is 0 Å². The number of aliphatic hydroxyl groups excluding tert-OH is 6. The van der Waals surface area contributed by atoms with E-state index in [1.807, 2.05) is 0 Å². The molecule has 9 nitrogen and oxygen atoms in total. The molecule has 0 heterocycles. The molecule has 0 spiro atoms. The fourth-order valence-electron chi connectivity index (χ4n) is 3.48. The average Bonchev–Trinajstić information content (AvgIpc) is 2.72. The summed E-state index contributed by atoms with van der Waals surface area (Å²) in [5.41, 5.74) is -2.89. The van der Waals surface area contributed by atoms with E-state index in [0.717, 1.165) is 44.9 Å². The Morgan fingerprint density at radius 2 is 1.17 bits per heavy atom. The minimum atomic E-state index is -2.89. The molecule has 180 valence electrons. The van der Waals surface area contributed by atoms with Gasteiger partial charge in [0.15, 0.2) is 5.60 Å². The first kappa shape index (κ1) is 29.2. The highest BCUT2D eigenvalue weighted by molar-refractivity contribution is 5.78. The van der Waals surface area contributed by atoms with E-state index in [0.29, 0.717) is 6.42 Å². The summed E-state index contributed by atoms with van der Waals surface area (Å²) in [5.74, 6) is -1.86. The van der Waals surface area contributed by atoms with Crippen LogP contribution in [0.25, 0.3) is 0 Å². The van der Waals surface area contributed by atoms with Gasteiger partial charge in [-0.05, 0) is 12.8 Å². The van der Waals surface area contributed by atoms with Crippen LogP contribution >= 0.6 is 0 Å². The number of hydrogen-bond acceptors (Lipinski definition) is 8. The average molecular weight is 439 g/mol. The molecule has 0 radical (unpaired) electrons. The maximum Gasteiger partial charge on any atom is 0.338 e. The van der Waals surface area contributed by atoms with Crippen LogP contribution in [0.1, 0.15) is 83.5 Å². The predicted molar refractivity (Wildman–Crippen MR) is 111 cm³/mol. The van der Waals surface area contributed by atoms with Crippen LogP contribution in [-0.2, 0) is 4.79 Å². The van der Waals surface area contributed by atoms with Crippen LogP contribution in [0.15, 0.2) is 0 Å². The molecule has 30 heavy (non-hydrogen) atoms. The van der Waals surface area contributed by atoms with Crippen molar-refractivity contribution >= 4 is 5.97 Å². The third-order valence-corrected chi connectivity index (χ3v) is 5.49. The molecule has 0 aromatic heterocycles. The number of carbonyl (C=O) groups is 1. The predicted octanol–water partition coefficient (Wildman–Crippen LogP) is 0.302. The number of carboxylic acids is 1. The van der Waals surface area contributed by atoms with Crippen LogP contribution < -0.4 is 0 Å². The first-order valence-corrected chi connectivity index (χ1v) is 11.1. The van der Waals surface area contributed by atoms with E-state index in [1.165, 1.54) is 19.3 Å².